The third kappa shape index (κ3) is 3.08. The van der Waals surface area contributed by atoms with E-state index in [1.54, 1.807) is 24.4 Å². The lowest BCUT2D eigenvalue weighted by Gasteiger charge is -2.08. The number of pyridine rings is 1. The van der Waals surface area contributed by atoms with Gasteiger partial charge in [-0.05, 0) is 24.3 Å². The summed E-state index contributed by atoms with van der Waals surface area (Å²) in [7, 11) is 0. The van der Waals surface area contributed by atoms with Gasteiger partial charge in [0.05, 0.1) is 17.2 Å². The zero-order chi connectivity index (χ0) is 12.8. The standard InChI is InChI=1S/C14H12ClNO2/c15-13-5-3-6-14(12(13)10-17)18-9-7-11-4-1-2-8-16-11/h1-6,8,10H,7,9H2. The molecule has 0 aliphatic rings. The van der Waals surface area contributed by atoms with Crippen LogP contribution in [-0.2, 0) is 6.42 Å². The second kappa shape index (κ2) is 6.17. The van der Waals surface area contributed by atoms with Crippen LogP contribution in [0.15, 0.2) is 42.6 Å². The van der Waals surface area contributed by atoms with Crippen molar-refractivity contribution in [3.05, 3.63) is 58.9 Å². The Morgan fingerprint density at radius 1 is 1.22 bits per heavy atom. The van der Waals surface area contributed by atoms with Crippen LogP contribution in [0, 0.1) is 0 Å². The van der Waals surface area contributed by atoms with Crippen molar-refractivity contribution in [1.29, 1.82) is 0 Å². The van der Waals surface area contributed by atoms with Crippen molar-refractivity contribution in [3.8, 4) is 5.75 Å². The molecule has 0 atom stereocenters. The molecule has 0 saturated carbocycles. The molecule has 1 aromatic heterocycles. The first kappa shape index (κ1) is 12.6. The van der Waals surface area contributed by atoms with E-state index < -0.39 is 0 Å². The van der Waals surface area contributed by atoms with Gasteiger partial charge in [0, 0.05) is 18.3 Å². The number of rotatable bonds is 5. The molecule has 2 aromatic rings. The predicted octanol–water partition coefficient (Wildman–Crippen LogP) is 3.17. The molecular weight excluding hydrogens is 250 g/mol. The minimum atomic E-state index is 0.389. The Labute approximate surface area is 110 Å². The first-order chi connectivity index (χ1) is 8.81. The summed E-state index contributed by atoms with van der Waals surface area (Å²) in [5, 5.41) is 0.403. The van der Waals surface area contributed by atoms with Gasteiger partial charge in [0.2, 0.25) is 0 Å². The van der Waals surface area contributed by atoms with Crippen molar-refractivity contribution in [1.82, 2.24) is 4.98 Å². The fraction of sp³-hybridized carbons (Fsp3) is 0.143. The number of nitrogens with zero attached hydrogens (tertiary/aromatic N) is 1. The minimum absolute atomic E-state index is 0.389. The fourth-order valence-electron chi connectivity index (χ4n) is 1.57. The zero-order valence-electron chi connectivity index (χ0n) is 9.67. The first-order valence-electron chi connectivity index (χ1n) is 5.57. The van der Waals surface area contributed by atoms with Crippen LogP contribution in [0.4, 0.5) is 0 Å². The Morgan fingerprint density at radius 2 is 2.11 bits per heavy atom. The van der Waals surface area contributed by atoms with E-state index in [1.165, 1.54) is 0 Å². The molecule has 0 fully saturated rings. The number of carbonyl (C=O) groups is 1. The molecule has 0 bridgehead atoms. The van der Waals surface area contributed by atoms with Gasteiger partial charge in [0.15, 0.2) is 6.29 Å². The van der Waals surface area contributed by atoms with E-state index >= 15 is 0 Å². The Morgan fingerprint density at radius 3 is 2.83 bits per heavy atom. The lowest BCUT2D eigenvalue weighted by molar-refractivity contribution is 0.112. The molecule has 1 heterocycles. The van der Waals surface area contributed by atoms with Crippen molar-refractivity contribution >= 4 is 17.9 Å². The van der Waals surface area contributed by atoms with E-state index in [2.05, 4.69) is 4.98 Å². The number of aromatic nitrogens is 1. The molecule has 0 N–H and O–H groups in total. The van der Waals surface area contributed by atoms with Gasteiger partial charge in [0.25, 0.3) is 0 Å². The Kier molecular flexibility index (Phi) is 4.31. The van der Waals surface area contributed by atoms with Gasteiger partial charge in [-0.1, -0.05) is 23.7 Å². The van der Waals surface area contributed by atoms with Gasteiger partial charge < -0.3 is 4.74 Å². The third-order valence-corrected chi connectivity index (χ3v) is 2.80. The summed E-state index contributed by atoms with van der Waals surface area (Å²) in [6.45, 7) is 0.457. The minimum Gasteiger partial charge on any atom is -0.492 e. The molecule has 0 aliphatic heterocycles. The quantitative estimate of drug-likeness (QED) is 0.776. The largest absolute Gasteiger partial charge is 0.492 e. The van der Waals surface area contributed by atoms with E-state index in [1.807, 2.05) is 18.2 Å². The second-order valence-corrected chi connectivity index (χ2v) is 4.10. The fourth-order valence-corrected chi connectivity index (χ4v) is 1.78. The second-order valence-electron chi connectivity index (χ2n) is 3.69. The van der Waals surface area contributed by atoms with Gasteiger partial charge in [0.1, 0.15) is 5.75 Å². The predicted molar refractivity (Wildman–Crippen MR) is 70.3 cm³/mol. The van der Waals surface area contributed by atoms with Crippen LogP contribution in [-0.4, -0.2) is 17.9 Å². The first-order valence-corrected chi connectivity index (χ1v) is 5.95. The summed E-state index contributed by atoms with van der Waals surface area (Å²) in [5.74, 6) is 0.508. The molecule has 0 saturated heterocycles. The lowest BCUT2D eigenvalue weighted by Crippen LogP contribution is -2.04. The van der Waals surface area contributed by atoms with Crippen LogP contribution >= 0.6 is 11.6 Å². The van der Waals surface area contributed by atoms with E-state index in [-0.39, 0.29) is 0 Å². The Hall–Kier alpha value is -1.87. The Bertz CT molecular complexity index is 529. The van der Waals surface area contributed by atoms with Gasteiger partial charge in [-0.2, -0.15) is 0 Å². The highest BCUT2D eigenvalue weighted by molar-refractivity contribution is 6.33. The number of ether oxygens (including phenoxy) is 1. The average molecular weight is 262 g/mol. The molecule has 0 aliphatic carbocycles. The monoisotopic (exact) mass is 261 g/mol. The number of carbonyl (C=O) groups excluding carboxylic acids is 1. The molecule has 4 heteroatoms. The molecule has 3 nitrogen and oxygen atoms in total. The zero-order valence-corrected chi connectivity index (χ0v) is 10.4. The van der Waals surface area contributed by atoms with Crippen LogP contribution in [0.5, 0.6) is 5.75 Å². The van der Waals surface area contributed by atoms with Gasteiger partial charge >= 0.3 is 0 Å². The molecule has 0 amide bonds. The molecule has 18 heavy (non-hydrogen) atoms. The molecule has 0 spiro atoms. The van der Waals surface area contributed by atoms with E-state index in [0.717, 1.165) is 5.69 Å². The highest BCUT2D eigenvalue weighted by atomic mass is 35.5. The molecule has 1 aromatic carbocycles. The lowest BCUT2D eigenvalue weighted by atomic mass is 10.2. The smallest absolute Gasteiger partial charge is 0.155 e. The van der Waals surface area contributed by atoms with Crippen LogP contribution in [0.3, 0.4) is 0 Å². The molecule has 92 valence electrons. The van der Waals surface area contributed by atoms with E-state index in [9.17, 15) is 4.79 Å². The van der Waals surface area contributed by atoms with Crippen molar-refractivity contribution in [2.75, 3.05) is 6.61 Å². The topological polar surface area (TPSA) is 39.2 Å². The summed E-state index contributed by atoms with van der Waals surface area (Å²) < 4.78 is 5.56. The van der Waals surface area contributed by atoms with Gasteiger partial charge in [-0.3, -0.25) is 9.78 Å². The van der Waals surface area contributed by atoms with Crippen molar-refractivity contribution in [2.45, 2.75) is 6.42 Å². The number of benzene rings is 1. The molecule has 2 rings (SSSR count). The summed E-state index contributed by atoms with van der Waals surface area (Å²) in [6.07, 6.45) is 3.13. The van der Waals surface area contributed by atoms with Crippen molar-refractivity contribution in [3.63, 3.8) is 0 Å². The van der Waals surface area contributed by atoms with Crippen LogP contribution in [0.25, 0.3) is 0 Å². The summed E-state index contributed by atoms with van der Waals surface area (Å²) in [5.41, 5.74) is 1.34. The molecule has 0 unspecified atom stereocenters. The number of hydrogen-bond acceptors (Lipinski definition) is 3. The summed E-state index contributed by atoms with van der Waals surface area (Å²) >= 11 is 5.90. The number of hydrogen-bond donors (Lipinski definition) is 0. The highest BCUT2D eigenvalue weighted by Gasteiger charge is 2.06. The van der Waals surface area contributed by atoms with E-state index in [4.69, 9.17) is 16.3 Å². The van der Waals surface area contributed by atoms with E-state index in [0.29, 0.717) is 35.6 Å². The van der Waals surface area contributed by atoms with Crippen molar-refractivity contribution < 1.29 is 9.53 Å². The normalized spacial score (nSPS) is 10.1. The summed E-state index contributed by atoms with van der Waals surface area (Å²) in [4.78, 5) is 15.1. The molecule has 0 radical (unpaired) electrons. The van der Waals surface area contributed by atoms with Crippen LogP contribution in [0.1, 0.15) is 16.1 Å². The highest BCUT2D eigenvalue weighted by Crippen LogP contribution is 2.24. The van der Waals surface area contributed by atoms with Gasteiger partial charge in [-0.25, -0.2) is 0 Å². The third-order valence-electron chi connectivity index (χ3n) is 2.47. The van der Waals surface area contributed by atoms with Crippen LogP contribution in [0.2, 0.25) is 5.02 Å². The SMILES string of the molecule is O=Cc1c(Cl)cccc1OCCc1ccccn1. The van der Waals surface area contributed by atoms with Gasteiger partial charge in [-0.15, -0.1) is 0 Å². The maximum absolute atomic E-state index is 10.9. The Balaban J connectivity index is 1.99. The molecular formula is C14H12ClNO2. The van der Waals surface area contributed by atoms with Crippen molar-refractivity contribution in [2.24, 2.45) is 0 Å². The maximum atomic E-state index is 10.9. The van der Waals surface area contributed by atoms with Crippen LogP contribution < -0.4 is 4.74 Å². The summed E-state index contributed by atoms with van der Waals surface area (Å²) in [6, 6.07) is 10.9. The average Bonchev–Trinajstić information content (AvgIpc) is 2.40. The number of halogens is 1. The number of aldehydes is 1. The maximum Gasteiger partial charge on any atom is 0.155 e.